The molecule has 1 fully saturated rings. The minimum absolute atomic E-state index is 0.158. The highest BCUT2D eigenvalue weighted by atomic mass is 16.5. The normalized spacial score (nSPS) is 29.3. The number of nitrogens with zero attached hydrogens (tertiary/aromatic N) is 2. The zero-order chi connectivity index (χ0) is 12.6. The van der Waals surface area contributed by atoms with E-state index in [1.54, 1.807) is 4.68 Å². The van der Waals surface area contributed by atoms with Gasteiger partial charge in [-0.15, -0.1) is 0 Å². The van der Waals surface area contributed by atoms with Gasteiger partial charge < -0.3 is 15.2 Å². The summed E-state index contributed by atoms with van der Waals surface area (Å²) in [7, 11) is 1.85. The highest BCUT2D eigenvalue weighted by Crippen LogP contribution is 2.29. The number of aryl methyl sites for hydroxylation is 2. The lowest BCUT2D eigenvalue weighted by atomic mass is 10.0. The Morgan fingerprint density at radius 2 is 1.94 bits per heavy atom. The average Bonchev–Trinajstić information content (AvgIpc) is 2.44. The van der Waals surface area contributed by atoms with Gasteiger partial charge in [0.25, 0.3) is 0 Å². The fraction of sp³-hybridized carbons (Fsp3) is 0.750. The van der Waals surface area contributed by atoms with Crippen LogP contribution in [0.15, 0.2) is 0 Å². The van der Waals surface area contributed by atoms with E-state index in [1.807, 2.05) is 14.0 Å². The van der Waals surface area contributed by atoms with Crippen LogP contribution in [-0.2, 0) is 11.8 Å². The van der Waals surface area contributed by atoms with Crippen molar-refractivity contribution in [1.29, 1.82) is 0 Å². The van der Waals surface area contributed by atoms with Crippen molar-refractivity contribution < 1.29 is 9.47 Å². The lowest BCUT2D eigenvalue weighted by Crippen LogP contribution is -2.36. The molecule has 96 valence electrons. The number of ether oxygens (including phenoxy) is 2. The standard InChI is InChI=1S/C12H21N3O2/c1-7-5-10(6-8(2)16-7)17-12-11(13)9(3)14-15(12)4/h7-8,10H,5-6,13H2,1-4H3. The molecule has 2 heterocycles. The number of anilines is 1. The number of hydrogen-bond acceptors (Lipinski definition) is 4. The van der Waals surface area contributed by atoms with Gasteiger partial charge in [-0.05, 0) is 20.8 Å². The summed E-state index contributed by atoms with van der Waals surface area (Å²) in [5.74, 6) is 0.675. The molecule has 1 aromatic heterocycles. The van der Waals surface area contributed by atoms with Gasteiger partial charge in [0.1, 0.15) is 11.8 Å². The fourth-order valence-electron chi connectivity index (χ4n) is 2.39. The summed E-state index contributed by atoms with van der Waals surface area (Å²) in [6.07, 6.45) is 2.42. The van der Waals surface area contributed by atoms with Crippen molar-refractivity contribution in [3.05, 3.63) is 5.69 Å². The van der Waals surface area contributed by atoms with Gasteiger partial charge in [-0.25, -0.2) is 4.68 Å². The Hall–Kier alpha value is -1.23. The monoisotopic (exact) mass is 239 g/mol. The molecule has 1 aromatic rings. The molecule has 1 aliphatic rings. The molecule has 0 aliphatic carbocycles. The maximum absolute atomic E-state index is 5.97. The van der Waals surface area contributed by atoms with Crippen LogP contribution in [0.2, 0.25) is 0 Å². The molecule has 0 amide bonds. The molecule has 0 aromatic carbocycles. The van der Waals surface area contributed by atoms with Crippen LogP contribution in [0.5, 0.6) is 5.88 Å². The Kier molecular flexibility index (Phi) is 3.28. The Morgan fingerprint density at radius 1 is 1.35 bits per heavy atom. The number of nitrogens with two attached hydrogens (primary N) is 1. The maximum Gasteiger partial charge on any atom is 0.236 e. The number of hydrogen-bond donors (Lipinski definition) is 1. The minimum Gasteiger partial charge on any atom is -0.473 e. The molecule has 5 nitrogen and oxygen atoms in total. The lowest BCUT2D eigenvalue weighted by molar-refractivity contribution is -0.0735. The third kappa shape index (κ3) is 2.54. The molecule has 0 saturated carbocycles. The van der Waals surface area contributed by atoms with E-state index in [4.69, 9.17) is 15.2 Å². The van der Waals surface area contributed by atoms with Crippen LogP contribution in [0.4, 0.5) is 5.69 Å². The summed E-state index contributed by atoms with van der Waals surface area (Å²) in [6.45, 7) is 6.03. The molecule has 0 bridgehead atoms. The molecule has 17 heavy (non-hydrogen) atoms. The van der Waals surface area contributed by atoms with Crippen molar-refractivity contribution in [2.24, 2.45) is 7.05 Å². The van der Waals surface area contributed by atoms with Gasteiger partial charge in [0.05, 0.1) is 17.9 Å². The number of aromatic nitrogens is 2. The number of rotatable bonds is 2. The summed E-state index contributed by atoms with van der Waals surface area (Å²) in [6, 6.07) is 0. The lowest BCUT2D eigenvalue weighted by Gasteiger charge is -2.32. The van der Waals surface area contributed by atoms with E-state index in [0.717, 1.165) is 18.5 Å². The van der Waals surface area contributed by atoms with Crippen LogP contribution in [0, 0.1) is 6.92 Å². The molecule has 5 heteroatoms. The van der Waals surface area contributed by atoms with E-state index < -0.39 is 0 Å². The summed E-state index contributed by atoms with van der Waals surface area (Å²) < 4.78 is 13.4. The molecule has 2 rings (SSSR count). The SMILES string of the molecule is Cc1nn(C)c(OC2CC(C)OC(C)C2)c1N. The Morgan fingerprint density at radius 3 is 2.41 bits per heavy atom. The van der Waals surface area contributed by atoms with Crippen LogP contribution in [0.25, 0.3) is 0 Å². The minimum atomic E-state index is 0.158. The van der Waals surface area contributed by atoms with Crippen molar-refractivity contribution in [2.75, 3.05) is 5.73 Å². The molecule has 1 aliphatic heterocycles. The zero-order valence-corrected chi connectivity index (χ0v) is 10.9. The van der Waals surface area contributed by atoms with Crippen molar-refractivity contribution in [1.82, 2.24) is 9.78 Å². The molecular weight excluding hydrogens is 218 g/mol. The first-order valence-electron chi connectivity index (χ1n) is 6.08. The van der Waals surface area contributed by atoms with E-state index in [2.05, 4.69) is 18.9 Å². The third-order valence-corrected chi connectivity index (χ3v) is 3.15. The average molecular weight is 239 g/mol. The van der Waals surface area contributed by atoms with Gasteiger partial charge in [-0.1, -0.05) is 0 Å². The predicted molar refractivity (Wildman–Crippen MR) is 66.0 cm³/mol. The van der Waals surface area contributed by atoms with E-state index >= 15 is 0 Å². The van der Waals surface area contributed by atoms with Crippen molar-refractivity contribution in [2.45, 2.75) is 51.9 Å². The predicted octanol–water partition coefficient (Wildman–Crippen LogP) is 1.65. The van der Waals surface area contributed by atoms with E-state index in [0.29, 0.717) is 11.6 Å². The molecule has 2 N–H and O–H groups in total. The molecule has 0 radical (unpaired) electrons. The second-order valence-electron chi connectivity index (χ2n) is 4.90. The van der Waals surface area contributed by atoms with Gasteiger partial charge in [-0.3, -0.25) is 0 Å². The second kappa shape index (κ2) is 4.56. The summed E-state index contributed by atoms with van der Waals surface area (Å²) >= 11 is 0. The number of nitrogen functional groups attached to an aromatic ring is 1. The van der Waals surface area contributed by atoms with E-state index in [-0.39, 0.29) is 18.3 Å². The first-order valence-corrected chi connectivity index (χ1v) is 6.08. The van der Waals surface area contributed by atoms with E-state index in [9.17, 15) is 0 Å². The second-order valence-corrected chi connectivity index (χ2v) is 4.90. The molecule has 2 unspecified atom stereocenters. The van der Waals surface area contributed by atoms with Gasteiger partial charge in [0.2, 0.25) is 5.88 Å². The Labute approximate surface area is 102 Å². The largest absolute Gasteiger partial charge is 0.473 e. The van der Waals surface area contributed by atoms with Crippen molar-refractivity contribution in [3.63, 3.8) is 0 Å². The summed E-state index contributed by atoms with van der Waals surface area (Å²) in [5.41, 5.74) is 7.40. The molecular formula is C12H21N3O2. The first-order chi connectivity index (χ1) is 7.97. The molecule has 0 spiro atoms. The van der Waals surface area contributed by atoms with Gasteiger partial charge in [-0.2, -0.15) is 5.10 Å². The zero-order valence-electron chi connectivity index (χ0n) is 10.9. The topological polar surface area (TPSA) is 62.3 Å². The highest BCUT2D eigenvalue weighted by Gasteiger charge is 2.27. The Bertz CT molecular complexity index is 393. The first kappa shape index (κ1) is 12.2. The van der Waals surface area contributed by atoms with Gasteiger partial charge in [0, 0.05) is 19.9 Å². The van der Waals surface area contributed by atoms with Crippen molar-refractivity contribution in [3.8, 4) is 5.88 Å². The van der Waals surface area contributed by atoms with Crippen LogP contribution in [0.1, 0.15) is 32.4 Å². The van der Waals surface area contributed by atoms with Crippen LogP contribution in [-0.4, -0.2) is 28.1 Å². The molecule has 1 saturated heterocycles. The van der Waals surface area contributed by atoms with Gasteiger partial charge in [0.15, 0.2) is 0 Å². The smallest absolute Gasteiger partial charge is 0.236 e. The van der Waals surface area contributed by atoms with E-state index in [1.165, 1.54) is 0 Å². The fourth-order valence-corrected chi connectivity index (χ4v) is 2.39. The van der Waals surface area contributed by atoms with Crippen molar-refractivity contribution >= 4 is 5.69 Å². The summed E-state index contributed by atoms with van der Waals surface area (Å²) in [4.78, 5) is 0. The summed E-state index contributed by atoms with van der Waals surface area (Å²) in [5, 5.41) is 4.25. The molecule has 2 atom stereocenters. The highest BCUT2D eigenvalue weighted by molar-refractivity contribution is 5.52. The maximum atomic E-state index is 5.97. The van der Waals surface area contributed by atoms with Crippen LogP contribution in [0.3, 0.4) is 0 Å². The Balaban J connectivity index is 2.10. The quantitative estimate of drug-likeness (QED) is 0.852. The van der Waals surface area contributed by atoms with Crippen LogP contribution >= 0.6 is 0 Å². The third-order valence-electron chi connectivity index (χ3n) is 3.15. The van der Waals surface area contributed by atoms with Gasteiger partial charge >= 0.3 is 0 Å². The van der Waals surface area contributed by atoms with Crippen LogP contribution < -0.4 is 10.5 Å².